The summed E-state index contributed by atoms with van der Waals surface area (Å²) >= 11 is 12.2. The number of nitrogens with one attached hydrogen (secondary N) is 1. The van der Waals surface area contributed by atoms with Gasteiger partial charge in [-0.1, -0.05) is 35.2 Å². The summed E-state index contributed by atoms with van der Waals surface area (Å²) in [6.45, 7) is 3.66. The van der Waals surface area contributed by atoms with Gasteiger partial charge in [-0.25, -0.2) is 4.79 Å². The molecule has 0 aliphatic carbocycles. The summed E-state index contributed by atoms with van der Waals surface area (Å²) in [7, 11) is 0. The number of terminal acetylenes is 1. The van der Waals surface area contributed by atoms with Gasteiger partial charge in [0.15, 0.2) is 5.75 Å². The summed E-state index contributed by atoms with van der Waals surface area (Å²) in [6, 6.07) is 2.61. The first-order chi connectivity index (χ1) is 11.0. The van der Waals surface area contributed by atoms with Crippen molar-refractivity contribution in [2.45, 2.75) is 0 Å². The van der Waals surface area contributed by atoms with Gasteiger partial charge in [0.25, 0.3) is 5.91 Å². The molecule has 3 amide bonds. The van der Waals surface area contributed by atoms with Crippen LogP contribution in [0.25, 0.3) is 6.08 Å². The Balaban J connectivity index is 2.30. The lowest BCUT2D eigenvalue weighted by molar-refractivity contribution is -0.122. The molecule has 1 aliphatic heterocycles. The summed E-state index contributed by atoms with van der Waals surface area (Å²) in [5.41, 5.74) is 0.665. The van der Waals surface area contributed by atoms with E-state index in [0.29, 0.717) is 5.56 Å². The van der Waals surface area contributed by atoms with Crippen LogP contribution < -0.4 is 10.1 Å². The predicted molar refractivity (Wildman–Crippen MR) is 89.2 cm³/mol. The van der Waals surface area contributed by atoms with Crippen molar-refractivity contribution in [3.05, 3.63) is 46.1 Å². The van der Waals surface area contributed by atoms with Crippen molar-refractivity contribution in [1.29, 1.82) is 0 Å². The van der Waals surface area contributed by atoms with Crippen molar-refractivity contribution in [2.24, 2.45) is 0 Å². The van der Waals surface area contributed by atoms with Crippen LogP contribution in [0.4, 0.5) is 4.79 Å². The summed E-state index contributed by atoms with van der Waals surface area (Å²) in [6.07, 6.45) is 8.06. The van der Waals surface area contributed by atoms with Gasteiger partial charge >= 0.3 is 6.03 Å². The molecule has 23 heavy (non-hydrogen) atoms. The first kappa shape index (κ1) is 16.9. The van der Waals surface area contributed by atoms with Gasteiger partial charge in [0.1, 0.15) is 12.3 Å². The zero-order valence-corrected chi connectivity index (χ0v) is 13.4. The number of rotatable bonds is 5. The molecule has 0 bridgehead atoms. The number of urea groups is 1. The Morgan fingerprint density at radius 1 is 1.35 bits per heavy atom. The second-order valence-electron chi connectivity index (χ2n) is 4.50. The number of amides is 3. The number of benzene rings is 1. The maximum Gasteiger partial charge on any atom is 0.329 e. The largest absolute Gasteiger partial charge is 0.478 e. The Bertz CT molecular complexity index is 727. The van der Waals surface area contributed by atoms with Crippen molar-refractivity contribution < 1.29 is 14.3 Å². The molecule has 118 valence electrons. The van der Waals surface area contributed by atoms with Crippen molar-refractivity contribution in [3.8, 4) is 18.1 Å². The molecule has 0 unspecified atom stereocenters. The molecule has 1 fully saturated rings. The SMILES string of the molecule is C#CCOc1c(Cl)cc(/C=C2/NC(=O)N(CC=C)C2=O)cc1Cl. The Morgan fingerprint density at radius 3 is 2.57 bits per heavy atom. The number of ether oxygens (including phenoxy) is 1. The van der Waals surface area contributed by atoms with Crippen LogP contribution in [-0.4, -0.2) is 30.0 Å². The van der Waals surface area contributed by atoms with Crippen molar-refractivity contribution in [2.75, 3.05) is 13.2 Å². The molecule has 5 nitrogen and oxygen atoms in total. The lowest BCUT2D eigenvalue weighted by Gasteiger charge is -2.09. The fourth-order valence-corrected chi connectivity index (χ4v) is 2.56. The zero-order chi connectivity index (χ0) is 17.0. The quantitative estimate of drug-likeness (QED) is 0.384. The highest BCUT2D eigenvalue weighted by atomic mass is 35.5. The fraction of sp³-hybridized carbons (Fsp3) is 0.125. The number of hydrogen-bond acceptors (Lipinski definition) is 3. The second-order valence-corrected chi connectivity index (χ2v) is 5.31. The van der Waals surface area contributed by atoms with Gasteiger partial charge in [0.2, 0.25) is 0 Å². The molecule has 0 radical (unpaired) electrons. The van der Waals surface area contributed by atoms with Crippen LogP contribution >= 0.6 is 23.2 Å². The molecule has 2 rings (SSSR count). The first-order valence-electron chi connectivity index (χ1n) is 6.48. The third kappa shape index (κ3) is 3.67. The normalized spacial score (nSPS) is 15.5. The van der Waals surface area contributed by atoms with Gasteiger partial charge in [0.05, 0.1) is 10.0 Å². The molecule has 1 heterocycles. The zero-order valence-electron chi connectivity index (χ0n) is 11.9. The molecule has 1 aromatic carbocycles. The molecule has 1 aliphatic rings. The number of halogens is 2. The topological polar surface area (TPSA) is 58.6 Å². The van der Waals surface area contributed by atoms with E-state index in [1.54, 1.807) is 12.1 Å². The van der Waals surface area contributed by atoms with Crippen LogP contribution in [0.1, 0.15) is 5.56 Å². The predicted octanol–water partition coefficient (Wildman–Crippen LogP) is 3.08. The van der Waals surface area contributed by atoms with Gasteiger partial charge in [-0.15, -0.1) is 13.0 Å². The molecule has 1 N–H and O–H groups in total. The van der Waals surface area contributed by atoms with Gasteiger partial charge in [-0.3, -0.25) is 9.69 Å². The first-order valence-corrected chi connectivity index (χ1v) is 7.24. The highest BCUT2D eigenvalue weighted by molar-refractivity contribution is 6.37. The van der Waals surface area contributed by atoms with E-state index in [0.717, 1.165) is 4.90 Å². The van der Waals surface area contributed by atoms with E-state index in [1.165, 1.54) is 12.2 Å². The van der Waals surface area contributed by atoms with Crippen LogP contribution in [0.3, 0.4) is 0 Å². The lowest BCUT2D eigenvalue weighted by Crippen LogP contribution is -2.30. The molecule has 0 aromatic heterocycles. The van der Waals surface area contributed by atoms with Crippen molar-refractivity contribution >= 4 is 41.2 Å². The lowest BCUT2D eigenvalue weighted by atomic mass is 10.1. The minimum absolute atomic E-state index is 0.0327. The van der Waals surface area contributed by atoms with Gasteiger partial charge < -0.3 is 10.1 Å². The Labute approximate surface area is 143 Å². The average Bonchev–Trinajstić information content (AvgIpc) is 2.74. The van der Waals surface area contributed by atoms with E-state index >= 15 is 0 Å². The monoisotopic (exact) mass is 350 g/mol. The van der Waals surface area contributed by atoms with E-state index < -0.39 is 11.9 Å². The van der Waals surface area contributed by atoms with Crippen molar-refractivity contribution in [1.82, 2.24) is 10.2 Å². The number of carbonyl (C=O) groups is 2. The molecule has 1 aromatic rings. The number of hydrogen-bond donors (Lipinski definition) is 1. The number of nitrogens with zero attached hydrogens (tertiary/aromatic N) is 1. The highest BCUT2D eigenvalue weighted by Gasteiger charge is 2.32. The second kappa shape index (κ2) is 7.23. The van der Waals surface area contributed by atoms with E-state index in [9.17, 15) is 9.59 Å². The Hall–Kier alpha value is -2.42. The molecule has 0 saturated carbocycles. The van der Waals surface area contributed by atoms with Gasteiger partial charge in [-0.05, 0) is 23.8 Å². The fourth-order valence-electron chi connectivity index (χ4n) is 1.95. The van der Waals surface area contributed by atoms with E-state index in [1.807, 2.05) is 0 Å². The van der Waals surface area contributed by atoms with E-state index in [2.05, 4.69) is 17.8 Å². The van der Waals surface area contributed by atoms with Gasteiger partial charge in [-0.2, -0.15) is 0 Å². The summed E-state index contributed by atoms with van der Waals surface area (Å²) in [5.74, 6) is 2.13. The molecule has 0 atom stereocenters. The average molecular weight is 351 g/mol. The molecule has 1 saturated heterocycles. The Kier molecular flexibility index (Phi) is 5.32. The maximum atomic E-state index is 12.1. The smallest absolute Gasteiger partial charge is 0.329 e. The van der Waals surface area contributed by atoms with Crippen LogP contribution in [-0.2, 0) is 4.79 Å². The summed E-state index contributed by atoms with van der Waals surface area (Å²) in [4.78, 5) is 24.8. The maximum absolute atomic E-state index is 12.1. The van der Waals surface area contributed by atoms with Crippen LogP contribution in [0, 0.1) is 12.3 Å². The molecular formula is C16H12Cl2N2O3. The third-order valence-electron chi connectivity index (χ3n) is 2.91. The molecular weight excluding hydrogens is 339 g/mol. The van der Waals surface area contributed by atoms with E-state index in [4.69, 9.17) is 34.4 Å². The minimum Gasteiger partial charge on any atom is -0.478 e. The minimum atomic E-state index is -0.507. The Morgan fingerprint density at radius 2 is 2.00 bits per heavy atom. The van der Waals surface area contributed by atoms with Crippen LogP contribution in [0.5, 0.6) is 5.75 Å². The third-order valence-corrected chi connectivity index (χ3v) is 3.47. The number of carbonyl (C=O) groups excluding carboxylic acids is 2. The molecule has 0 spiro atoms. The van der Waals surface area contributed by atoms with Crippen LogP contribution in [0.15, 0.2) is 30.5 Å². The highest BCUT2D eigenvalue weighted by Crippen LogP contribution is 2.35. The standard InChI is InChI=1S/C16H12Cl2N2O3/c1-3-5-20-15(21)13(19-16(20)22)9-10-7-11(17)14(12(18)8-10)23-6-4-2/h2-3,7-9H,1,5-6H2,(H,19,22)/b13-9+. The van der Waals surface area contributed by atoms with E-state index in [-0.39, 0.29) is 34.6 Å². The van der Waals surface area contributed by atoms with Gasteiger partial charge in [0, 0.05) is 6.54 Å². The summed E-state index contributed by atoms with van der Waals surface area (Å²) < 4.78 is 5.25. The van der Waals surface area contributed by atoms with Crippen molar-refractivity contribution in [3.63, 3.8) is 0 Å². The summed E-state index contributed by atoms with van der Waals surface area (Å²) in [5, 5.41) is 2.98. The number of imide groups is 1. The van der Waals surface area contributed by atoms with Crippen LogP contribution in [0.2, 0.25) is 10.0 Å². The molecule has 7 heteroatoms.